The van der Waals surface area contributed by atoms with Crippen LogP contribution < -0.4 is 5.32 Å². The lowest BCUT2D eigenvalue weighted by molar-refractivity contribution is -0.119. The van der Waals surface area contributed by atoms with E-state index in [1.165, 1.54) is 12.1 Å². The molecule has 0 aromatic heterocycles. The Morgan fingerprint density at radius 2 is 1.95 bits per heavy atom. The van der Waals surface area contributed by atoms with Crippen molar-refractivity contribution in [2.45, 2.75) is 25.3 Å². The molecule has 1 amide bonds. The molecule has 1 aliphatic heterocycles. The summed E-state index contributed by atoms with van der Waals surface area (Å²) in [5, 5.41) is 3.47. The molecule has 1 aliphatic rings. The number of hydrogen-bond donors (Lipinski definition) is 1. The monoisotopic (exact) mass is 303 g/mol. The second-order valence-electron chi connectivity index (χ2n) is 5.33. The lowest BCUT2D eigenvalue weighted by Gasteiger charge is -2.11. The molecule has 2 nitrogen and oxygen atoms in total. The number of carbonyl (C=O) groups excluding carboxylic acids is 1. The van der Waals surface area contributed by atoms with Gasteiger partial charge in [0.25, 0.3) is 0 Å². The molecule has 0 spiro atoms. The van der Waals surface area contributed by atoms with Crippen LogP contribution in [-0.2, 0) is 11.2 Å². The first-order chi connectivity index (χ1) is 10.1. The van der Waals surface area contributed by atoms with E-state index in [9.17, 15) is 9.18 Å². The molecule has 0 bridgehead atoms. The fourth-order valence-corrected chi connectivity index (χ4v) is 2.83. The molecule has 1 fully saturated rings. The topological polar surface area (TPSA) is 29.1 Å². The van der Waals surface area contributed by atoms with E-state index in [2.05, 4.69) is 5.32 Å². The Hall–Kier alpha value is -1.87. The molecule has 1 atom stereocenters. The van der Waals surface area contributed by atoms with Crippen molar-refractivity contribution in [1.82, 2.24) is 5.32 Å². The highest BCUT2D eigenvalue weighted by Crippen LogP contribution is 2.26. The molecule has 0 radical (unpaired) electrons. The second-order valence-corrected chi connectivity index (χ2v) is 5.76. The number of benzene rings is 2. The van der Waals surface area contributed by atoms with Gasteiger partial charge in [0.15, 0.2) is 0 Å². The Morgan fingerprint density at radius 3 is 2.62 bits per heavy atom. The summed E-state index contributed by atoms with van der Waals surface area (Å²) in [6, 6.07) is 12.5. The zero-order valence-corrected chi connectivity index (χ0v) is 12.2. The summed E-state index contributed by atoms with van der Waals surface area (Å²) in [5.74, 6) is -0.159. The van der Waals surface area contributed by atoms with Gasteiger partial charge in [0.2, 0.25) is 5.91 Å². The average molecular weight is 304 g/mol. The van der Waals surface area contributed by atoms with E-state index in [0.29, 0.717) is 17.0 Å². The predicted octanol–water partition coefficient (Wildman–Crippen LogP) is 3.97. The van der Waals surface area contributed by atoms with E-state index in [1.807, 2.05) is 24.3 Å². The summed E-state index contributed by atoms with van der Waals surface area (Å²) in [4.78, 5) is 11.2. The minimum atomic E-state index is -0.282. The molecular weight excluding hydrogens is 289 g/mol. The van der Waals surface area contributed by atoms with Crippen LogP contribution in [0.5, 0.6) is 0 Å². The molecule has 21 heavy (non-hydrogen) atoms. The SMILES string of the molecule is O=C1CC[C@@H](Cc2ccc(-c3cc(Cl)ccc3F)cc2)N1. The minimum Gasteiger partial charge on any atom is -0.353 e. The molecule has 0 aliphatic carbocycles. The summed E-state index contributed by atoms with van der Waals surface area (Å²) in [6.45, 7) is 0. The van der Waals surface area contributed by atoms with Gasteiger partial charge in [-0.15, -0.1) is 0 Å². The van der Waals surface area contributed by atoms with Gasteiger partial charge in [-0.25, -0.2) is 4.39 Å². The van der Waals surface area contributed by atoms with Gasteiger partial charge in [0, 0.05) is 23.0 Å². The molecule has 1 saturated heterocycles. The van der Waals surface area contributed by atoms with Crippen molar-refractivity contribution < 1.29 is 9.18 Å². The molecule has 0 unspecified atom stereocenters. The largest absolute Gasteiger partial charge is 0.353 e. The second kappa shape index (κ2) is 5.86. The summed E-state index contributed by atoms with van der Waals surface area (Å²) < 4.78 is 13.8. The van der Waals surface area contributed by atoms with Crippen LogP contribution in [-0.4, -0.2) is 11.9 Å². The molecular formula is C17H15ClFNO. The smallest absolute Gasteiger partial charge is 0.220 e. The van der Waals surface area contributed by atoms with Crippen molar-refractivity contribution in [3.8, 4) is 11.1 Å². The zero-order valence-electron chi connectivity index (χ0n) is 11.4. The van der Waals surface area contributed by atoms with Crippen LogP contribution in [0.25, 0.3) is 11.1 Å². The first kappa shape index (κ1) is 14.1. The maximum absolute atomic E-state index is 13.8. The van der Waals surface area contributed by atoms with E-state index in [-0.39, 0.29) is 17.8 Å². The molecule has 1 heterocycles. The summed E-state index contributed by atoms with van der Waals surface area (Å²) in [6.07, 6.45) is 2.30. The maximum atomic E-state index is 13.8. The molecule has 0 saturated carbocycles. The van der Waals surface area contributed by atoms with Gasteiger partial charge < -0.3 is 5.32 Å². The third-order valence-electron chi connectivity index (χ3n) is 3.76. The summed E-state index contributed by atoms with van der Waals surface area (Å²) in [5.41, 5.74) is 2.44. The Labute approximate surface area is 127 Å². The summed E-state index contributed by atoms with van der Waals surface area (Å²) in [7, 11) is 0. The van der Waals surface area contributed by atoms with E-state index < -0.39 is 0 Å². The highest BCUT2D eigenvalue weighted by Gasteiger charge is 2.20. The number of nitrogens with one attached hydrogen (secondary N) is 1. The van der Waals surface area contributed by atoms with Gasteiger partial charge in [-0.05, 0) is 42.2 Å². The zero-order chi connectivity index (χ0) is 14.8. The van der Waals surface area contributed by atoms with Crippen LogP contribution in [0.4, 0.5) is 4.39 Å². The van der Waals surface area contributed by atoms with Crippen LogP contribution in [0.15, 0.2) is 42.5 Å². The van der Waals surface area contributed by atoms with Crippen molar-refractivity contribution >= 4 is 17.5 Å². The van der Waals surface area contributed by atoms with E-state index >= 15 is 0 Å². The highest BCUT2D eigenvalue weighted by molar-refractivity contribution is 6.30. The van der Waals surface area contributed by atoms with Gasteiger partial charge in [-0.2, -0.15) is 0 Å². The van der Waals surface area contributed by atoms with Gasteiger partial charge >= 0.3 is 0 Å². The van der Waals surface area contributed by atoms with E-state index in [4.69, 9.17) is 11.6 Å². The average Bonchev–Trinajstić information content (AvgIpc) is 2.88. The number of halogens is 2. The molecule has 3 rings (SSSR count). The number of carbonyl (C=O) groups is 1. The fraction of sp³-hybridized carbons (Fsp3) is 0.235. The first-order valence-corrected chi connectivity index (χ1v) is 7.33. The molecule has 2 aromatic rings. The van der Waals surface area contributed by atoms with Gasteiger partial charge in [-0.3, -0.25) is 4.79 Å². The fourth-order valence-electron chi connectivity index (χ4n) is 2.65. The molecule has 108 valence electrons. The van der Waals surface area contributed by atoms with Crippen molar-refractivity contribution in [3.63, 3.8) is 0 Å². The standard InChI is InChI=1S/C17H15ClFNO/c18-13-5-7-16(19)15(10-13)12-3-1-11(2-4-12)9-14-6-8-17(21)20-14/h1-5,7,10,14H,6,8-9H2,(H,20,21)/t14-/m0/s1. The van der Waals surface area contributed by atoms with Crippen LogP contribution in [0.3, 0.4) is 0 Å². The molecule has 2 aromatic carbocycles. The highest BCUT2D eigenvalue weighted by atomic mass is 35.5. The normalized spacial score (nSPS) is 17.8. The van der Waals surface area contributed by atoms with Crippen molar-refractivity contribution in [2.75, 3.05) is 0 Å². The Kier molecular flexibility index (Phi) is 3.93. The van der Waals surface area contributed by atoms with Crippen molar-refractivity contribution in [1.29, 1.82) is 0 Å². The van der Waals surface area contributed by atoms with E-state index in [0.717, 1.165) is 24.0 Å². The third kappa shape index (κ3) is 3.24. The first-order valence-electron chi connectivity index (χ1n) is 6.95. The van der Waals surface area contributed by atoms with Crippen LogP contribution in [0, 0.1) is 5.82 Å². The Balaban J connectivity index is 1.77. The van der Waals surface area contributed by atoms with Crippen molar-refractivity contribution in [3.05, 3.63) is 58.9 Å². The van der Waals surface area contributed by atoms with Gasteiger partial charge in [0.1, 0.15) is 5.82 Å². The maximum Gasteiger partial charge on any atom is 0.220 e. The van der Waals surface area contributed by atoms with E-state index in [1.54, 1.807) is 6.07 Å². The quantitative estimate of drug-likeness (QED) is 0.913. The summed E-state index contributed by atoms with van der Waals surface area (Å²) >= 11 is 5.92. The lowest BCUT2D eigenvalue weighted by atomic mass is 10.00. The number of rotatable bonds is 3. The Morgan fingerprint density at radius 1 is 1.19 bits per heavy atom. The van der Waals surface area contributed by atoms with Crippen LogP contribution >= 0.6 is 11.6 Å². The van der Waals surface area contributed by atoms with Crippen LogP contribution in [0.2, 0.25) is 5.02 Å². The molecule has 1 N–H and O–H groups in total. The lowest BCUT2D eigenvalue weighted by Crippen LogP contribution is -2.27. The van der Waals surface area contributed by atoms with Gasteiger partial charge in [0.05, 0.1) is 0 Å². The Bertz CT molecular complexity index is 669. The van der Waals surface area contributed by atoms with Crippen molar-refractivity contribution in [2.24, 2.45) is 0 Å². The van der Waals surface area contributed by atoms with Gasteiger partial charge in [-0.1, -0.05) is 35.9 Å². The molecule has 4 heteroatoms. The number of amides is 1. The third-order valence-corrected chi connectivity index (χ3v) is 4.00. The predicted molar refractivity (Wildman–Crippen MR) is 81.7 cm³/mol. The van der Waals surface area contributed by atoms with Crippen LogP contribution in [0.1, 0.15) is 18.4 Å². The minimum absolute atomic E-state index is 0.123. The number of hydrogen-bond acceptors (Lipinski definition) is 1.